The van der Waals surface area contributed by atoms with Gasteiger partial charge in [0.05, 0.1) is 16.5 Å². The summed E-state index contributed by atoms with van der Waals surface area (Å²) in [6.07, 6.45) is 11.3. The van der Waals surface area contributed by atoms with Gasteiger partial charge in [0.15, 0.2) is 0 Å². The molecule has 2 aliphatic rings. The van der Waals surface area contributed by atoms with Crippen molar-refractivity contribution in [1.82, 2.24) is 20.6 Å². The van der Waals surface area contributed by atoms with Crippen LogP contribution in [-0.2, 0) is 0 Å². The molecule has 2 fully saturated rings. The number of pyridine rings is 1. The number of aromatic nitrogens is 2. The fourth-order valence-electron chi connectivity index (χ4n) is 3.40. The van der Waals surface area contributed by atoms with E-state index in [4.69, 9.17) is 21.1 Å². The Morgan fingerprint density at radius 3 is 2.76 bits per heavy atom. The van der Waals surface area contributed by atoms with Gasteiger partial charge < -0.3 is 20.1 Å². The van der Waals surface area contributed by atoms with Crippen LogP contribution in [-0.4, -0.2) is 40.5 Å². The molecule has 8 nitrogen and oxygen atoms in total. The lowest BCUT2D eigenvalue weighted by atomic mass is 10.2. The van der Waals surface area contributed by atoms with Crippen LogP contribution in [0.1, 0.15) is 58.3 Å². The minimum absolute atomic E-state index is 0.225. The van der Waals surface area contributed by atoms with Crippen LogP contribution in [0, 0.1) is 5.92 Å². The number of halogens is 1. The van der Waals surface area contributed by atoms with Crippen LogP contribution >= 0.6 is 22.9 Å². The van der Waals surface area contributed by atoms with Crippen molar-refractivity contribution in [2.24, 2.45) is 5.92 Å². The standard InChI is InChI=1S/C27H27ClN4O4S/c1-16(31-25(33)18-10-11-29-23(12-18)26(34)32-19-5-6-19)2-8-21-14-30-27(37-21)36-24-9-7-20(13-22(24)28)35-15-17-3-4-17/h2,7-14,16-17,19H,3-6,15H2,1H3,(H,31,33)(H,32,34)/b8-2+/t16-/m0/s1. The zero-order chi connectivity index (χ0) is 25.8. The zero-order valence-corrected chi connectivity index (χ0v) is 21.8. The molecule has 2 N–H and O–H groups in total. The van der Waals surface area contributed by atoms with Crippen molar-refractivity contribution in [3.63, 3.8) is 0 Å². The minimum atomic E-state index is -0.285. The number of hydrogen-bond acceptors (Lipinski definition) is 7. The first kappa shape index (κ1) is 25.2. The van der Waals surface area contributed by atoms with E-state index in [0.29, 0.717) is 27.4 Å². The van der Waals surface area contributed by atoms with Crippen molar-refractivity contribution in [2.45, 2.75) is 44.7 Å². The van der Waals surface area contributed by atoms with Gasteiger partial charge in [-0.2, -0.15) is 0 Å². The topological polar surface area (TPSA) is 102 Å². The average molecular weight is 539 g/mol. The van der Waals surface area contributed by atoms with Gasteiger partial charge in [0.1, 0.15) is 17.2 Å². The smallest absolute Gasteiger partial charge is 0.279 e. The molecule has 5 rings (SSSR count). The van der Waals surface area contributed by atoms with Crippen LogP contribution in [0.3, 0.4) is 0 Å². The van der Waals surface area contributed by atoms with Gasteiger partial charge >= 0.3 is 0 Å². The Bertz CT molecular complexity index is 1320. The molecule has 1 aromatic carbocycles. The quantitative estimate of drug-likeness (QED) is 0.334. The van der Waals surface area contributed by atoms with Crippen molar-refractivity contribution in [1.29, 1.82) is 0 Å². The second kappa shape index (κ2) is 11.3. The molecule has 2 saturated carbocycles. The molecule has 2 aromatic heterocycles. The summed E-state index contributed by atoms with van der Waals surface area (Å²) < 4.78 is 11.6. The fourth-order valence-corrected chi connectivity index (χ4v) is 4.30. The second-order valence-electron chi connectivity index (χ2n) is 9.28. The maximum absolute atomic E-state index is 12.7. The molecule has 2 amide bonds. The largest absolute Gasteiger partial charge is 0.493 e. The van der Waals surface area contributed by atoms with Crippen LogP contribution in [0.25, 0.3) is 6.08 Å². The molecule has 0 bridgehead atoms. The number of carbonyl (C=O) groups excluding carboxylic acids is 2. The molecule has 0 saturated heterocycles. The fraction of sp³-hybridized carbons (Fsp3) is 0.333. The highest BCUT2D eigenvalue weighted by Gasteiger charge is 2.25. The van der Waals surface area contributed by atoms with E-state index >= 15 is 0 Å². The molecule has 2 heterocycles. The number of ether oxygens (including phenoxy) is 2. The van der Waals surface area contributed by atoms with Gasteiger partial charge in [0.2, 0.25) is 0 Å². The number of thiazole rings is 1. The van der Waals surface area contributed by atoms with Gasteiger partial charge in [-0.1, -0.05) is 29.0 Å². The summed E-state index contributed by atoms with van der Waals surface area (Å²) in [5.74, 6) is 1.36. The number of hydrogen-bond donors (Lipinski definition) is 2. The summed E-state index contributed by atoms with van der Waals surface area (Å²) in [5.41, 5.74) is 0.617. The normalized spacial score (nSPS) is 15.8. The van der Waals surface area contributed by atoms with Crippen molar-refractivity contribution in [3.05, 3.63) is 70.0 Å². The highest BCUT2D eigenvalue weighted by Crippen LogP contribution is 2.35. The molecule has 0 spiro atoms. The average Bonchev–Trinajstić information content (AvgIpc) is 3.83. The van der Waals surface area contributed by atoms with Crippen molar-refractivity contribution in [3.8, 4) is 16.7 Å². The van der Waals surface area contributed by atoms with Crippen molar-refractivity contribution < 1.29 is 19.1 Å². The Hall–Kier alpha value is -3.43. The summed E-state index contributed by atoms with van der Waals surface area (Å²) in [6.45, 7) is 2.58. The zero-order valence-electron chi connectivity index (χ0n) is 20.3. The lowest BCUT2D eigenvalue weighted by Crippen LogP contribution is -2.31. The molecule has 1 atom stereocenters. The first-order valence-corrected chi connectivity index (χ1v) is 13.4. The van der Waals surface area contributed by atoms with Gasteiger partial charge in [-0.3, -0.25) is 14.6 Å². The number of amides is 2. The molecule has 37 heavy (non-hydrogen) atoms. The first-order valence-electron chi connectivity index (χ1n) is 12.2. The summed E-state index contributed by atoms with van der Waals surface area (Å²) in [4.78, 5) is 34.1. The van der Waals surface area contributed by atoms with Crippen LogP contribution < -0.4 is 20.1 Å². The van der Waals surface area contributed by atoms with Crippen LogP contribution in [0.5, 0.6) is 16.7 Å². The van der Waals surface area contributed by atoms with E-state index in [9.17, 15) is 9.59 Å². The van der Waals surface area contributed by atoms with Crippen LogP contribution in [0.2, 0.25) is 5.02 Å². The van der Waals surface area contributed by atoms with Crippen LogP contribution in [0.15, 0.2) is 48.8 Å². The molecule has 2 aliphatic carbocycles. The minimum Gasteiger partial charge on any atom is -0.493 e. The Morgan fingerprint density at radius 2 is 2.00 bits per heavy atom. The highest BCUT2D eigenvalue weighted by atomic mass is 35.5. The molecule has 0 aliphatic heterocycles. The lowest BCUT2D eigenvalue weighted by molar-refractivity contribution is 0.0946. The van der Waals surface area contributed by atoms with E-state index in [0.717, 1.165) is 30.1 Å². The molecule has 192 valence electrons. The Kier molecular flexibility index (Phi) is 7.71. The lowest BCUT2D eigenvalue weighted by Gasteiger charge is -2.10. The maximum atomic E-state index is 12.7. The summed E-state index contributed by atoms with van der Waals surface area (Å²) in [7, 11) is 0. The third-order valence-corrected chi connectivity index (χ3v) is 7.00. The van der Waals surface area contributed by atoms with Gasteiger partial charge in [0, 0.05) is 36.1 Å². The maximum Gasteiger partial charge on any atom is 0.279 e. The Balaban J connectivity index is 1.13. The number of rotatable bonds is 11. The van der Waals surface area contributed by atoms with Crippen molar-refractivity contribution >= 4 is 40.8 Å². The first-order chi connectivity index (χ1) is 17.9. The Labute approximate surface area is 224 Å². The summed E-state index contributed by atoms with van der Waals surface area (Å²) in [5, 5.41) is 6.70. The molecular formula is C27H27ClN4O4S. The molecule has 0 radical (unpaired) electrons. The van der Waals surface area contributed by atoms with E-state index in [2.05, 4.69) is 20.6 Å². The third-order valence-electron chi connectivity index (χ3n) is 5.86. The SMILES string of the molecule is C[C@@H](/C=C/c1cnc(Oc2ccc(OCC3CC3)cc2Cl)s1)NC(=O)c1ccnc(C(=O)NC2CC2)c1. The van der Waals surface area contributed by atoms with E-state index < -0.39 is 0 Å². The third kappa shape index (κ3) is 7.30. The van der Waals surface area contributed by atoms with Gasteiger partial charge in [-0.05, 0) is 68.9 Å². The van der Waals surface area contributed by atoms with E-state index in [1.165, 1.54) is 36.4 Å². The summed E-state index contributed by atoms with van der Waals surface area (Å²) in [6, 6.07) is 8.43. The van der Waals surface area contributed by atoms with Crippen LogP contribution in [0.4, 0.5) is 0 Å². The monoisotopic (exact) mass is 538 g/mol. The van der Waals surface area contributed by atoms with E-state index in [1.54, 1.807) is 24.4 Å². The molecule has 10 heteroatoms. The predicted octanol–water partition coefficient (Wildman–Crippen LogP) is 5.50. The second-order valence-corrected chi connectivity index (χ2v) is 10.7. The highest BCUT2D eigenvalue weighted by molar-refractivity contribution is 7.14. The molecule has 0 unspecified atom stereocenters. The van der Waals surface area contributed by atoms with Gasteiger partial charge in [-0.15, -0.1) is 0 Å². The number of benzene rings is 1. The van der Waals surface area contributed by atoms with E-state index in [-0.39, 0.29) is 29.6 Å². The van der Waals surface area contributed by atoms with Gasteiger partial charge in [0.25, 0.3) is 17.0 Å². The molecular weight excluding hydrogens is 512 g/mol. The summed E-state index contributed by atoms with van der Waals surface area (Å²) >= 11 is 7.72. The van der Waals surface area contributed by atoms with Gasteiger partial charge in [-0.25, -0.2) is 4.98 Å². The number of nitrogens with zero attached hydrogens (tertiary/aromatic N) is 2. The van der Waals surface area contributed by atoms with E-state index in [1.807, 2.05) is 25.1 Å². The predicted molar refractivity (Wildman–Crippen MR) is 143 cm³/mol. The molecule has 3 aromatic rings. The van der Waals surface area contributed by atoms with Crippen molar-refractivity contribution in [2.75, 3.05) is 6.61 Å². The number of carbonyl (C=O) groups is 2. The number of nitrogens with one attached hydrogen (secondary N) is 2. The Morgan fingerprint density at radius 1 is 1.16 bits per heavy atom.